The van der Waals surface area contributed by atoms with Crippen LogP contribution >= 0.6 is 0 Å². The smallest absolute Gasteiger partial charge is 0.153 e. The van der Waals surface area contributed by atoms with Crippen LogP contribution in [0.3, 0.4) is 0 Å². The zero-order valence-electron chi connectivity index (χ0n) is 9.12. The van der Waals surface area contributed by atoms with Crippen LogP contribution in [0.25, 0.3) is 0 Å². The Morgan fingerprint density at radius 2 is 1.79 bits per heavy atom. The van der Waals surface area contributed by atoms with Gasteiger partial charge in [-0.3, -0.25) is 0 Å². The van der Waals surface area contributed by atoms with Gasteiger partial charge in [-0.1, -0.05) is 12.8 Å². The van der Waals surface area contributed by atoms with Gasteiger partial charge < -0.3 is 5.73 Å². The molecule has 0 atom stereocenters. The number of sulfone groups is 1. The summed E-state index contributed by atoms with van der Waals surface area (Å²) in [5, 5.41) is -0.0788. The van der Waals surface area contributed by atoms with Crippen molar-refractivity contribution in [2.45, 2.75) is 56.7 Å². The fourth-order valence-electron chi connectivity index (χ4n) is 1.82. The molecule has 1 aliphatic rings. The van der Waals surface area contributed by atoms with Gasteiger partial charge in [-0.05, 0) is 33.1 Å². The summed E-state index contributed by atoms with van der Waals surface area (Å²) >= 11 is 0. The van der Waals surface area contributed by atoms with Gasteiger partial charge in [0.05, 0.1) is 11.0 Å². The molecule has 84 valence electrons. The Morgan fingerprint density at radius 1 is 1.29 bits per heavy atom. The van der Waals surface area contributed by atoms with Crippen molar-refractivity contribution in [3.63, 3.8) is 0 Å². The van der Waals surface area contributed by atoms with Gasteiger partial charge in [0.25, 0.3) is 0 Å². The molecule has 0 heterocycles. The quantitative estimate of drug-likeness (QED) is 0.779. The molecule has 0 aromatic rings. The van der Waals surface area contributed by atoms with Crippen LogP contribution in [-0.2, 0) is 9.84 Å². The minimum Gasteiger partial charge on any atom is -0.326 e. The Morgan fingerprint density at radius 3 is 2.21 bits per heavy atom. The fraction of sp³-hybridized carbons (Fsp3) is 1.00. The second-order valence-corrected chi connectivity index (χ2v) is 7.41. The first-order valence-corrected chi connectivity index (χ1v) is 7.03. The topological polar surface area (TPSA) is 60.2 Å². The largest absolute Gasteiger partial charge is 0.326 e. The average Bonchev–Trinajstić information content (AvgIpc) is 2.52. The van der Waals surface area contributed by atoms with Gasteiger partial charge in [0.1, 0.15) is 0 Å². The normalized spacial score (nSPS) is 20.2. The molecule has 0 spiro atoms. The first kappa shape index (κ1) is 12.0. The predicted octanol–water partition coefficient (Wildman–Crippen LogP) is 1.47. The summed E-state index contributed by atoms with van der Waals surface area (Å²) in [4.78, 5) is 0. The second-order valence-electron chi connectivity index (χ2n) is 5.01. The van der Waals surface area contributed by atoms with E-state index in [9.17, 15) is 8.42 Å². The molecule has 0 aliphatic heterocycles. The average molecular weight is 219 g/mol. The van der Waals surface area contributed by atoms with Crippen LogP contribution in [0.15, 0.2) is 0 Å². The lowest BCUT2D eigenvalue weighted by Crippen LogP contribution is -2.35. The highest BCUT2D eigenvalue weighted by atomic mass is 32.2. The van der Waals surface area contributed by atoms with Gasteiger partial charge in [0, 0.05) is 5.54 Å². The van der Waals surface area contributed by atoms with Gasteiger partial charge in [0.15, 0.2) is 9.84 Å². The molecule has 4 heteroatoms. The number of rotatable bonds is 4. The highest BCUT2D eigenvalue weighted by Crippen LogP contribution is 2.26. The molecule has 1 saturated carbocycles. The van der Waals surface area contributed by atoms with E-state index in [0.29, 0.717) is 6.42 Å². The van der Waals surface area contributed by atoms with Crippen LogP contribution in [0.5, 0.6) is 0 Å². The maximum atomic E-state index is 11.8. The molecule has 0 amide bonds. The predicted molar refractivity (Wildman–Crippen MR) is 58.9 cm³/mol. The Hall–Kier alpha value is -0.0900. The molecule has 0 aromatic heterocycles. The van der Waals surface area contributed by atoms with Crippen LogP contribution in [0.1, 0.15) is 46.0 Å². The summed E-state index contributed by atoms with van der Waals surface area (Å²) in [5.74, 6) is 0.251. The fourth-order valence-corrected chi connectivity index (χ4v) is 4.01. The molecule has 14 heavy (non-hydrogen) atoms. The first-order chi connectivity index (χ1) is 6.31. The van der Waals surface area contributed by atoms with Crippen molar-refractivity contribution >= 4 is 9.84 Å². The number of nitrogens with two attached hydrogens (primary N) is 1. The molecule has 0 unspecified atom stereocenters. The summed E-state index contributed by atoms with van der Waals surface area (Å²) in [5.41, 5.74) is 5.41. The van der Waals surface area contributed by atoms with Crippen molar-refractivity contribution in [3.05, 3.63) is 0 Å². The molecular weight excluding hydrogens is 198 g/mol. The summed E-state index contributed by atoms with van der Waals surface area (Å²) in [6.45, 7) is 3.74. The molecule has 3 nitrogen and oxygen atoms in total. The van der Waals surface area contributed by atoms with Crippen molar-refractivity contribution in [1.29, 1.82) is 0 Å². The van der Waals surface area contributed by atoms with E-state index in [2.05, 4.69) is 0 Å². The van der Waals surface area contributed by atoms with Crippen LogP contribution in [0.2, 0.25) is 0 Å². The first-order valence-electron chi connectivity index (χ1n) is 5.32. The third-order valence-electron chi connectivity index (χ3n) is 2.84. The molecule has 0 saturated heterocycles. The highest BCUT2D eigenvalue weighted by molar-refractivity contribution is 7.92. The maximum Gasteiger partial charge on any atom is 0.153 e. The van der Waals surface area contributed by atoms with Crippen molar-refractivity contribution in [3.8, 4) is 0 Å². The van der Waals surface area contributed by atoms with E-state index < -0.39 is 9.84 Å². The van der Waals surface area contributed by atoms with Gasteiger partial charge in [-0.25, -0.2) is 8.42 Å². The summed E-state index contributed by atoms with van der Waals surface area (Å²) in [6.07, 6.45) is 4.40. The molecule has 1 fully saturated rings. The minimum atomic E-state index is -2.87. The van der Waals surface area contributed by atoms with Gasteiger partial charge >= 0.3 is 0 Å². The van der Waals surface area contributed by atoms with Crippen LogP contribution in [0, 0.1) is 0 Å². The zero-order valence-corrected chi connectivity index (χ0v) is 9.94. The zero-order chi connectivity index (χ0) is 10.8. The molecule has 0 aromatic carbocycles. The Bertz CT molecular complexity index is 271. The SMILES string of the molecule is CC(C)(N)CCS(=O)(=O)C1CCCC1. The third-order valence-corrected chi connectivity index (χ3v) is 5.10. The van der Waals surface area contributed by atoms with Gasteiger partial charge in [-0.2, -0.15) is 0 Å². The summed E-state index contributed by atoms with van der Waals surface area (Å²) < 4.78 is 23.6. The molecular formula is C10H21NO2S. The molecule has 2 N–H and O–H groups in total. The van der Waals surface area contributed by atoms with E-state index in [1.165, 1.54) is 0 Å². The lowest BCUT2D eigenvalue weighted by Gasteiger charge is -2.19. The third kappa shape index (κ3) is 3.58. The van der Waals surface area contributed by atoms with E-state index in [0.717, 1.165) is 25.7 Å². The van der Waals surface area contributed by atoms with Crippen LogP contribution < -0.4 is 5.73 Å². The number of hydrogen-bond acceptors (Lipinski definition) is 3. The van der Waals surface area contributed by atoms with E-state index in [-0.39, 0.29) is 16.5 Å². The maximum absolute atomic E-state index is 11.8. The van der Waals surface area contributed by atoms with Crippen molar-refractivity contribution < 1.29 is 8.42 Å². The Labute approximate surface area is 87.0 Å². The molecule has 1 rings (SSSR count). The van der Waals surface area contributed by atoms with Crippen molar-refractivity contribution in [2.24, 2.45) is 5.73 Å². The lowest BCUT2D eigenvalue weighted by molar-refractivity contribution is 0.493. The standard InChI is InChI=1S/C10H21NO2S/c1-10(2,11)7-8-14(12,13)9-5-3-4-6-9/h9H,3-8,11H2,1-2H3. The van der Waals surface area contributed by atoms with Crippen LogP contribution in [0.4, 0.5) is 0 Å². The Balaban J connectivity index is 2.50. The van der Waals surface area contributed by atoms with E-state index in [4.69, 9.17) is 5.73 Å². The monoisotopic (exact) mass is 219 g/mol. The van der Waals surface area contributed by atoms with E-state index >= 15 is 0 Å². The van der Waals surface area contributed by atoms with Gasteiger partial charge in [-0.15, -0.1) is 0 Å². The molecule has 0 radical (unpaired) electrons. The lowest BCUT2D eigenvalue weighted by atomic mass is 10.0. The van der Waals surface area contributed by atoms with E-state index in [1.807, 2.05) is 13.8 Å². The molecule has 1 aliphatic carbocycles. The van der Waals surface area contributed by atoms with Crippen molar-refractivity contribution in [1.82, 2.24) is 0 Å². The Kier molecular flexibility index (Phi) is 3.58. The van der Waals surface area contributed by atoms with Crippen molar-refractivity contribution in [2.75, 3.05) is 5.75 Å². The number of hydrogen-bond donors (Lipinski definition) is 1. The molecule has 0 bridgehead atoms. The minimum absolute atomic E-state index is 0.0788. The summed E-state index contributed by atoms with van der Waals surface area (Å²) in [6, 6.07) is 0. The highest BCUT2D eigenvalue weighted by Gasteiger charge is 2.29. The van der Waals surface area contributed by atoms with Gasteiger partial charge in [0.2, 0.25) is 0 Å². The van der Waals surface area contributed by atoms with E-state index in [1.54, 1.807) is 0 Å². The summed E-state index contributed by atoms with van der Waals surface area (Å²) in [7, 11) is -2.87. The second kappa shape index (κ2) is 4.19. The van der Waals surface area contributed by atoms with Crippen LogP contribution in [-0.4, -0.2) is 25.0 Å².